The Bertz CT molecular complexity index is 2590. The van der Waals surface area contributed by atoms with Crippen LogP contribution in [0.4, 0.5) is 29.1 Å². The molecule has 4 aromatic rings. The van der Waals surface area contributed by atoms with Gasteiger partial charge in [0.15, 0.2) is 5.82 Å². The van der Waals surface area contributed by atoms with Gasteiger partial charge in [-0.15, -0.1) is 0 Å². The SMILES string of the molecule is CC[C@@H]1C(=O)N(C)c2cnc(Nc3ccc(C(=O)NCCOCCOCCOCCOCCN(C)c4ncc(C(=O)NC5C(C)(C)C(Oc6ccc(C#N)c(Cl)c6)C5(C)C)cn4)cc3OC)nc2N1C1CCCC1. The average molecular weight is 1040 g/mol. The summed E-state index contributed by atoms with van der Waals surface area (Å²) in [6, 6.07) is 12.0. The van der Waals surface area contributed by atoms with Gasteiger partial charge in [-0.05, 0) is 49.6 Å². The van der Waals surface area contributed by atoms with Crippen LogP contribution in [0.15, 0.2) is 55.0 Å². The van der Waals surface area contributed by atoms with Gasteiger partial charge in [-0.1, -0.05) is 59.1 Å². The van der Waals surface area contributed by atoms with Crippen molar-refractivity contribution in [2.75, 3.05) is 107 Å². The lowest BCUT2D eigenvalue weighted by Gasteiger charge is -2.63. The normalized spacial score (nSPS) is 18.8. The largest absolute Gasteiger partial charge is 0.495 e. The zero-order chi connectivity index (χ0) is 53.0. The van der Waals surface area contributed by atoms with Crippen molar-refractivity contribution < 1.29 is 42.8 Å². The molecule has 3 aliphatic rings. The lowest BCUT2D eigenvalue weighted by Crippen LogP contribution is -2.74. The molecule has 0 bridgehead atoms. The van der Waals surface area contributed by atoms with Gasteiger partial charge in [-0.3, -0.25) is 14.4 Å². The molecule has 0 spiro atoms. The number of rotatable bonds is 26. The topological polar surface area (TPSA) is 228 Å². The number of nitrogens with one attached hydrogen (secondary N) is 3. The third-order valence-electron chi connectivity index (χ3n) is 14.0. The van der Waals surface area contributed by atoms with Crippen molar-refractivity contribution in [2.45, 2.75) is 91.0 Å². The molecular formula is C53H70ClN11O9. The number of anilines is 5. The fraction of sp³-hybridized carbons (Fsp3) is 0.547. The predicted molar refractivity (Wildman–Crippen MR) is 281 cm³/mol. The van der Waals surface area contributed by atoms with E-state index in [9.17, 15) is 19.6 Å². The maximum atomic E-state index is 13.3. The van der Waals surface area contributed by atoms with Crippen LogP contribution in [0.2, 0.25) is 5.02 Å². The molecule has 21 heteroatoms. The first-order valence-corrected chi connectivity index (χ1v) is 25.6. The second-order valence-electron chi connectivity index (χ2n) is 19.8. The summed E-state index contributed by atoms with van der Waals surface area (Å²) in [4.78, 5) is 63.6. The second kappa shape index (κ2) is 25.2. The number of likely N-dealkylation sites (N-methyl/N-ethyl adjacent to an activating group) is 2. The van der Waals surface area contributed by atoms with E-state index in [1.165, 1.54) is 19.5 Å². The van der Waals surface area contributed by atoms with Crippen molar-refractivity contribution in [2.24, 2.45) is 10.8 Å². The highest BCUT2D eigenvalue weighted by Gasteiger charge is 2.64. The molecule has 3 heterocycles. The van der Waals surface area contributed by atoms with Crippen LogP contribution < -0.4 is 40.1 Å². The lowest BCUT2D eigenvalue weighted by atomic mass is 9.49. The van der Waals surface area contributed by atoms with Gasteiger partial charge >= 0.3 is 0 Å². The number of methoxy groups -OCH3 is 1. The number of amides is 3. The standard InChI is InChI=1S/C53H70ClN11O9/c1-9-41-47(68)64(7)42-33-57-50(61-44(42)65(41)37-12-10-11-13-37)60-40-17-15-34(28-43(40)69-8)45(66)56-18-20-70-22-24-72-26-27-73-25-23-71-21-19-63(6)51-58-31-36(32-59-51)46(67)62-48-52(2,3)49(53(48,4)5)74-38-16-14-35(30-55)39(54)29-38/h14-17,28-29,31-33,37,41,48-49H,9-13,18-27H2,1-8H3,(H,56,66)(H,62,67)(H,57,60,61)/t41-,48?,49?/m1/s1. The maximum Gasteiger partial charge on any atom is 0.254 e. The second-order valence-corrected chi connectivity index (χ2v) is 20.2. The number of fused-ring (bicyclic) bond motifs is 1. The van der Waals surface area contributed by atoms with E-state index in [2.05, 4.69) is 41.9 Å². The summed E-state index contributed by atoms with van der Waals surface area (Å²) < 4.78 is 34.6. The van der Waals surface area contributed by atoms with Crippen LogP contribution in [0.5, 0.6) is 11.5 Å². The molecule has 2 aromatic carbocycles. The Kier molecular flexibility index (Phi) is 18.9. The van der Waals surface area contributed by atoms with Crippen LogP contribution in [0.3, 0.4) is 0 Å². The van der Waals surface area contributed by atoms with Gasteiger partial charge in [0.05, 0.1) is 88.0 Å². The quantitative estimate of drug-likeness (QED) is 0.0564. The number of ether oxygens (including phenoxy) is 6. The van der Waals surface area contributed by atoms with Crippen molar-refractivity contribution in [1.82, 2.24) is 30.6 Å². The Hall–Kier alpha value is -6.37. The monoisotopic (exact) mass is 1040 g/mol. The summed E-state index contributed by atoms with van der Waals surface area (Å²) in [6.45, 7) is 14.2. The number of halogens is 1. The minimum absolute atomic E-state index is 0.0575. The van der Waals surface area contributed by atoms with Crippen LogP contribution in [0, 0.1) is 22.2 Å². The average Bonchev–Trinajstić information content (AvgIpc) is 3.94. The van der Waals surface area contributed by atoms with Crippen LogP contribution >= 0.6 is 11.6 Å². The zero-order valence-corrected chi connectivity index (χ0v) is 44.5. The van der Waals surface area contributed by atoms with Crippen LogP contribution in [-0.2, 0) is 23.7 Å². The molecule has 398 valence electrons. The van der Waals surface area contributed by atoms with Crippen molar-refractivity contribution in [3.8, 4) is 17.6 Å². The summed E-state index contributed by atoms with van der Waals surface area (Å²) in [5.74, 6) is 2.12. The van der Waals surface area contributed by atoms with Gasteiger partial charge < -0.3 is 59.1 Å². The summed E-state index contributed by atoms with van der Waals surface area (Å²) in [6.07, 6.45) is 9.50. The first-order chi connectivity index (χ1) is 35.6. The van der Waals surface area contributed by atoms with E-state index in [1.807, 2.05) is 46.6 Å². The molecule has 20 nitrogen and oxygen atoms in total. The van der Waals surface area contributed by atoms with E-state index in [0.717, 1.165) is 31.5 Å². The molecule has 7 rings (SSSR count). The van der Waals surface area contributed by atoms with Gasteiger partial charge in [-0.2, -0.15) is 10.2 Å². The number of hydrogen-bond donors (Lipinski definition) is 3. The van der Waals surface area contributed by atoms with E-state index in [1.54, 1.807) is 54.5 Å². The van der Waals surface area contributed by atoms with E-state index in [0.29, 0.717) is 129 Å². The zero-order valence-electron chi connectivity index (χ0n) is 43.7. The lowest BCUT2D eigenvalue weighted by molar-refractivity contribution is -0.164. The molecule has 0 unspecified atom stereocenters. The van der Waals surface area contributed by atoms with Gasteiger partial charge in [0.2, 0.25) is 17.8 Å². The molecule has 2 aromatic heterocycles. The fourth-order valence-corrected chi connectivity index (χ4v) is 10.6. The Balaban J connectivity index is 0.715. The van der Waals surface area contributed by atoms with Gasteiger partial charge in [0.25, 0.3) is 11.8 Å². The summed E-state index contributed by atoms with van der Waals surface area (Å²) in [7, 11) is 5.17. The minimum atomic E-state index is -0.405. The molecule has 3 N–H and O–H groups in total. The van der Waals surface area contributed by atoms with Gasteiger partial charge in [-0.25, -0.2) is 15.0 Å². The minimum Gasteiger partial charge on any atom is -0.495 e. The van der Waals surface area contributed by atoms with E-state index in [-0.39, 0.29) is 42.0 Å². The Morgan fingerprint density at radius 2 is 1.51 bits per heavy atom. The first kappa shape index (κ1) is 55.4. The highest BCUT2D eigenvalue weighted by molar-refractivity contribution is 6.31. The number of nitrogens with zero attached hydrogens (tertiary/aromatic N) is 8. The molecular weight excluding hydrogens is 970 g/mol. The number of nitriles is 1. The molecule has 1 aliphatic heterocycles. The smallest absolute Gasteiger partial charge is 0.254 e. The molecule has 2 aliphatic carbocycles. The highest BCUT2D eigenvalue weighted by Crippen LogP contribution is 2.55. The van der Waals surface area contributed by atoms with Gasteiger partial charge in [0, 0.05) is 74.1 Å². The summed E-state index contributed by atoms with van der Waals surface area (Å²) in [5.41, 5.74) is 1.63. The van der Waals surface area contributed by atoms with Gasteiger partial charge in [0.1, 0.15) is 35.4 Å². The van der Waals surface area contributed by atoms with E-state index in [4.69, 9.17) is 45.0 Å². The number of hydrogen-bond acceptors (Lipinski definition) is 17. The Morgan fingerprint density at radius 1 is 0.865 bits per heavy atom. The number of benzene rings is 2. The van der Waals surface area contributed by atoms with E-state index < -0.39 is 10.8 Å². The molecule has 3 amide bonds. The summed E-state index contributed by atoms with van der Waals surface area (Å²) >= 11 is 6.23. The van der Waals surface area contributed by atoms with Crippen molar-refractivity contribution in [3.63, 3.8) is 0 Å². The molecule has 1 atom stereocenters. The maximum absolute atomic E-state index is 13.3. The number of carbonyl (C=O) groups excluding carboxylic acids is 3. The third kappa shape index (κ3) is 12.9. The van der Waals surface area contributed by atoms with Crippen molar-refractivity contribution in [1.29, 1.82) is 5.26 Å². The highest BCUT2D eigenvalue weighted by atomic mass is 35.5. The van der Waals surface area contributed by atoms with Crippen molar-refractivity contribution in [3.05, 3.63) is 76.7 Å². The van der Waals surface area contributed by atoms with Crippen molar-refractivity contribution >= 4 is 58.4 Å². The molecule has 2 saturated carbocycles. The fourth-order valence-electron chi connectivity index (χ4n) is 10.3. The van der Waals surface area contributed by atoms with Crippen LogP contribution in [-0.4, -0.2) is 149 Å². The van der Waals surface area contributed by atoms with Crippen LogP contribution in [0.25, 0.3) is 0 Å². The molecule has 2 fully saturated rings. The predicted octanol–water partition coefficient (Wildman–Crippen LogP) is 6.59. The number of aromatic nitrogens is 4. The third-order valence-corrected chi connectivity index (χ3v) is 14.3. The summed E-state index contributed by atoms with van der Waals surface area (Å²) in [5, 5.41) is 18.8. The Morgan fingerprint density at radius 3 is 2.14 bits per heavy atom. The molecule has 74 heavy (non-hydrogen) atoms. The van der Waals surface area contributed by atoms with Crippen LogP contribution in [0.1, 0.15) is 93.0 Å². The first-order valence-electron chi connectivity index (χ1n) is 25.3. The molecule has 0 saturated heterocycles. The number of carbonyl (C=O) groups is 3. The Labute approximate surface area is 438 Å². The van der Waals surface area contributed by atoms with E-state index >= 15 is 0 Å². The molecule has 0 radical (unpaired) electrons.